The Morgan fingerprint density at radius 3 is 2.44 bits per heavy atom. The van der Waals surface area contributed by atoms with E-state index < -0.39 is 5.82 Å². The topological polar surface area (TPSA) is 35.2 Å². The predicted molar refractivity (Wildman–Crippen MR) is 71.6 cm³/mol. The molecule has 0 heterocycles. The monoisotopic (exact) mass is 285 g/mol. The van der Waals surface area contributed by atoms with E-state index >= 15 is 0 Å². The molecule has 2 nitrogen and oxygen atoms in total. The minimum Gasteiger partial charge on any atom is -0.486 e. The first kappa shape index (κ1) is 13.0. The van der Waals surface area contributed by atoms with Crippen LogP contribution in [-0.2, 0) is 6.61 Å². The maximum Gasteiger partial charge on any atom is 0.183 e. The Balaban J connectivity index is 2.19. The lowest BCUT2D eigenvalue weighted by Gasteiger charge is -2.11. The molecule has 0 bridgehead atoms. The molecule has 18 heavy (non-hydrogen) atoms. The zero-order valence-corrected chi connectivity index (χ0v) is 10.8. The Kier molecular flexibility index (Phi) is 3.94. The van der Waals surface area contributed by atoms with E-state index in [1.54, 1.807) is 24.3 Å². The molecule has 0 aliphatic carbocycles. The van der Waals surface area contributed by atoms with Gasteiger partial charge in [0.05, 0.1) is 5.02 Å². The van der Waals surface area contributed by atoms with E-state index in [1.807, 2.05) is 0 Å². The molecular formula is C13H10Cl2FNO. The number of benzene rings is 2. The fourth-order valence-corrected chi connectivity index (χ4v) is 1.88. The van der Waals surface area contributed by atoms with Crippen LogP contribution in [0.3, 0.4) is 0 Å². The van der Waals surface area contributed by atoms with Crippen molar-refractivity contribution in [3.05, 3.63) is 57.8 Å². The number of anilines is 1. The van der Waals surface area contributed by atoms with Crippen LogP contribution in [0.25, 0.3) is 0 Å². The van der Waals surface area contributed by atoms with Crippen molar-refractivity contribution in [2.75, 3.05) is 5.73 Å². The Labute approximate surface area is 114 Å². The van der Waals surface area contributed by atoms with E-state index in [1.165, 1.54) is 12.1 Å². The molecule has 0 unspecified atom stereocenters. The summed E-state index contributed by atoms with van der Waals surface area (Å²) in [4.78, 5) is 0. The molecule has 2 aromatic rings. The van der Waals surface area contributed by atoms with Crippen molar-refractivity contribution in [2.45, 2.75) is 6.61 Å². The van der Waals surface area contributed by atoms with Crippen molar-refractivity contribution in [2.24, 2.45) is 0 Å². The summed E-state index contributed by atoms with van der Waals surface area (Å²) in [6.45, 7) is 0.0861. The molecule has 0 radical (unpaired) electrons. The zero-order chi connectivity index (χ0) is 13.1. The number of rotatable bonds is 3. The minimum atomic E-state index is -0.593. The first-order chi connectivity index (χ1) is 8.59. The molecule has 0 spiro atoms. The number of hydrogen-bond acceptors (Lipinski definition) is 2. The average Bonchev–Trinajstić information content (AvgIpc) is 2.33. The Hall–Kier alpha value is -1.45. The maximum atomic E-state index is 13.6. The smallest absolute Gasteiger partial charge is 0.183 e. The summed E-state index contributed by atoms with van der Waals surface area (Å²) in [5.74, 6) is -0.522. The normalized spacial score (nSPS) is 10.4. The number of nitrogen functional groups attached to an aromatic ring is 1. The fourth-order valence-electron chi connectivity index (χ4n) is 1.47. The molecule has 0 amide bonds. The van der Waals surface area contributed by atoms with Gasteiger partial charge in [-0.3, -0.25) is 0 Å². The third kappa shape index (κ3) is 2.68. The maximum absolute atomic E-state index is 13.6. The summed E-state index contributed by atoms with van der Waals surface area (Å²) in [5.41, 5.74) is 6.90. The van der Waals surface area contributed by atoms with Gasteiger partial charge >= 0.3 is 0 Å². The van der Waals surface area contributed by atoms with E-state index in [9.17, 15) is 4.39 Å². The Morgan fingerprint density at radius 1 is 1.06 bits per heavy atom. The lowest BCUT2D eigenvalue weighted by Crippen LogP contribution is -2.02. The summed E-state index contributed by atoms with van der Waals surface area (Å²) in [7, 11) is 0. The largest absolute Gasteiger partial charge is 0.486 e. The van der Waals surface area contributed by atoms with Crippen molar-refractivity contribution in [3.8, 4) is 5.75 Å². The summed E-state index contributed by atoms with van der Waals surface area (Å²) in [5, 5.41) is 0.497. The van der Waals surface area contributed by atoms with Crippen LogP contribution in [0.4, 0.5) is 10.1 Å². The molecule has 0 fully saturated rings. The minimum absolute atomic E-state index is 0.0135. The second kappa shape index (κ2) is 5.46. The molecule has 2 aromatic carbocycles. The van der Waals surface area contributed by atoms with Gasteiger partial charge in [0, 0.05) is 16.3 Å². The molecule has 0 saturated carbocycles. The zero-order valence-electron chi connectivity index (χ0n) is 9.29. The standard InChI is InChI=1S/C13H10Cl2FNO/c14-9-3-1-5-11(17)8(9)7-18-12-6-2-4-10(15)13(12)16/h1-6H,7,17H2. The highest BCUT2D eigenvalue weighted by molar-refractivity contribution is 6.31. The van der Waals surface area contributed by atoms with Gasteiger partial charge in [0.1, 0.15) is 6.61 Å². The highest BCUT2D eigenvalue weighted by atomic mass is 35.5. The molecule has 0 saturated heterocycles. The Morgan fingerprint density at radius 2 is 1.72 bits per heavy atom. The van der Waals surface area contributed by atoms with Crippen molar-refractivity contribution in [1.29, 1.82) is 0 Å². The molecule has 94 valence electrons. The molecule has 0 aliphatic heterocycles. The van der Waals surface area contributed by atoms with Crippen LogP contribution in [-0.4, -0.2) is 0 Å². The summed E-state index contributed by atoms with van der Waals surface area (Å²) in [6.07, 6.45) is 0. The molecule has 0 atom stereocenters. The van der Waals surface area contributed by atoms with Gasteiger partial charge in [-0.2, -0.15) is 0 Å². The van der Waals surface area contributed by atoms with Crippen LogP contribution in [0.15, 0.2) is 36.4 Å². The first-order valence-electron chi connectivity index (χ1n) is 5.19. The van der Waals surface area contributed by atoms with Crippen LogP contribution in [0.5, 0.6) is 5.75 Å². The Bertz CT molecular complexity index is 555. The van der Waals surface area contributed by atoms with Gasteiger partial charge in [0.15, 0.2) is 11.6 Å². The second-order valence-corrected chi connectivity index (χ2v) is 4.46. The molecule has 2 N–H and O–H groups in total. The van der Waals surface area contributed by atoms with E-state index in [0.29, 0.717) is 16.3 Å². The molecule has 0 aliphatic rings. The third-order valence-electron chi connectivity index (χ3n) is 2.44. The van der Waals surface area contributed by atoms with Crippen LogP contribution in [0.1, 0.15) is 5.56 Å². The summed E-state index contributed by atoms with van der Waals surface area (Å²) >= 11 is 11.6. The predicted octanol–water partition coefficient (Wildman–Crippen LogP) is 4.29. The number of ether oxygens (including phenoxy) is 1. The van der Waals surface area contributed by atoms with Gasteiger partial charge in [-0.05, 0) is 24.3 Å². The van der Waals surface area contributed by atoms with Gasteiger partial charge in [0.2, 0.25) is 0 Å². The van der Waals surface area contributed by atoms with Gasteiger partial charge in [0.25, 0.3) is 0 Å². The van der Waals surface area contributed by atoms with Gasteiger partial charge in [-0.15, -0.1) is 0 Å². The second-order valence-electron chi connectivity index (χ2n) is 3.65. The van der Waals surface area contributed by atoms with Crippen LogP contribution >= 0.6 is 23.2 Å². The van der Waals surface area contributed by atoms with Crippen molar-refractivity contribution >= 4 is 28.9 Å². The SMILES string of the molecule is Nc1cccc(Cl)c1COc1cccc(Cl)c1F. The van der Waals surface area contributed by atoms with E-state index in [0.717, 1.165) is 0 Å². The lowest BCUT2D eigenvalue weighted by molar-refractivity contribution is 0.291. The van der Waals surface area contributed by atoms with Crippen LogP contribution in [0, 0.1) is 5.82 Å². The third-order valence-corrected chi connectivity index (χ3v) is 3.09. The van der Waals surface area contributed by atoms with Crippen molar-refractivity contribution < 1.29 is 9.13 Å². The number of nitrogens with two attached hydrogens (primary N) is 1. The van der Waals surface area contributed by atoms with Crippen molar-refractivity contribution in [1.82, 2.24) is 0 Å². The first-order valence-corrected chi connectivity index (χ1v) is 5.95. The van der Waals surface area contributed by atoms with E-state index in [4.69, 9.17) is 33.7 Å². The molecule has 5 heteroatoms. The highest BCUT2D eigenvalue weighted by Crippen LogP contribution is 2.27. The van der Waals surface area contributed by atoms with Crippen LogP contribution < -0.4 is 10.5 Å². The molecule has 0 aromatic heterocycles. The summed E-state index contributed by atoms with van der Waals surface area (Å²) in [6, 6.07) is 9.70. The van der Waals surface area contributed by atoms with E-state index in [2.05, 4.69) is 0 Å². The average molecular weight is 286 g/mol. The van der Waals surface area contributed by atoms with Crippen LogP contribution in [0.2, 0.25) is 10.0 Å². The van der Waals surface area contributed by atoms with E-state index in [-0.39, 0.29) is 17.4 Å². The van der Waals surface area contributed by atoms with Crippen molar-refractivity contribution in [3.63, 3.8) is 0 Å². The van der Waals surface area contributed by atoms with Gasteiger partial charge in [-0.1, -0.05) is 35.3 Å². The fraction of sp³-hybridized carbons (Fsp3) is 0.0769. The lowest BCUT2D eigenvalue weighted by atomic mass is 10.2. The quantitative estimate of drug-likeness (QED) is 0.854. The van der Waals surface area contributed by atoms with Gasteiger partial charge in [-0.25, -0.2) is 4.39 Å². The molecular weight excluding hydrogens is 276 g/mol. The summed E-state index contributed by atoms with van der Waals surface area (Å²) < 4.78 is 18.9. The highest BCUT2D eigenvalue weighted by Gasteiger charge is 2.10. The number of hydrogen-bond donors (Lipinski definition) is 1. The number of halogens is 3. The van der Waals surface area contributed by atoms with Gasteiger partial charge < -0.3 is 10.5 Å². The molecule has 2 rings (SSSR count).